The van der Waals surface area contributed by atoms with Crippen LogP contribution in [0.5, 0.6) is 0 Å². The minimum absolute atomic E-state index is 0.503. The minimum Gasteiger partial charge on any atom is -0.454 e. The van der Waals surface area contributed by atoms with Gasteiger partial charge in [-0.05, 0) is 36.7 Å². The molecule has 0 N–H and O–H groups in total. The molecule has 3 aliphatic rings. The number of allylic oxidation sites excluding steroid dienone is 8. The third kappa shape index (κ3) is 7.26. The van der Waals surface area contributed by atoms with Gasteiger partial charge in [-0.1, -0.05) is 48.6 Å². The van der Waals surface area contributed by atoms with Crippen molar-refractivity contribution in [1.29, 1.82) is 0 Å². The molecule has 0 aromatic carbocycles. The van der Waals surface area contributed by atoms with E-state index in [1.54, 1.807) is 0 Å². The van der Waals surface area contributed by atoms with E-state index in [-0.39, 0.29) is 0 Å². The number of rotatable bonds is 2. The average Bonchev–Trinajstić information content (AvgIpc) is 3.42. The summed E-state index contributed by atoms with van der Waals surface area (Å²) in [5, 5.41) is 0. The molecule has 0 aromatic rings. The van der Waals surface area contributed by atoms with Gasteiger partial charge in [-0.15, -0.1) is 0 Å². The Balaban J connectivity index is 1.73. The Kier molecular flexibility index (Phi) is 9.88. The first-order valence-electron chi connectivity index (χ1n) is 10.8. The summed E-state index contributed by atoms with van der Waals surface area (Å²) in [7, 11) is -3.84. The van der Waals surface area contributed by atoms with E-state index >= 15 is 0 Å². The molecule has 0 saturated carbocycles. The first-order chi connectivity index (χ1) is 14.1. The van der Waals surface area contributed by atoms with Crippen LogP contribution in [0, 0.1) is 0 Å². The molecule has 2 atom stereocenters. The molecule has 0 aromatic heterocycles. The van der Waals surface area contributed by atoms with Crippen LogP contribution < -0.4 is 0 Å². The van der Waals surface area contributed by atoms with Crippen molar-refractivity contribution in [2.75, 3.05) is 49.4 Å². The molecule has 3 nitrogen and oxygen atoms in total. The van der Waals surface area contributed by atoms with Gasteiger partial charge in [0, 0.05) is 22.6 Å². The highest BCUT2D eigenvalue weighted by Gasteiger charge is 2.46. The molecule has 0 spiro atoms. The van der Waals surface area contributed by atoms with Crippen LogP contribution in [0.15, 0.2) is 48.6 Å². The zero-order valence-corrected chi connectivity index (χ0v) is 21.5. The molecule has 1 fully saturated rings. The quantitative estimate of drug-likeness (QED) is 0.488. The fourth-order valence-corrected chi connectivity index (χ4v) is 18.3. The fourth-order valence-electron chi connectivity index (χ4n) is 4.09. The van der Waals surface area contributed by atoms with Crippen LogP contribution in [0.1, 0.15) is 0 Å². The first-order valence-corrected chi connectivity index (χ1v) is 18.5. The summed E-state index contributed by atoms with van der Waals surface area (Å²) in [5.74, 6) is 4.44. The Bertz CT molecular complexity index is 549. The Morgan fingerprint density at radius 1 is 0.621 bits per heavy atom. The highest BCUT2D eigenvalue weighted by Crippen LogP contribution is 2.42. The van der Waals surface area contributed by atoms with Crippen LogP contribution in [0.2, 0.25) is 36.3 Å². The average molecular weight is 469 g/mol. The molecule has 0 radical (unpaired) electrons. The lowest BCUT2D eigenvalue weighted by molar-refractivity contribution is 0.0605. The van der Waals surface area contributed by atoms with Gasteiger partial charge in [0.25, 0.3) is 0 Å². The monoisotopic (exact) mass is 468 g/mol. The van der Waals surface area contributed by atoms with Gasteiger partial charge >= 0.3 is 0 Å². The van der Waals surface area contributed by atoms with Crippen molar-refractivity contribution >= 4 is 40.2 Å². The van der Waals surface area contributed by atoms with Crippen molar-refractivity contribution < 1.29 is 13.6 Å². The van der Waals surface area contributed by atoms with E-state index in [1.165, 1.54) is 12.1 Å². The van der Waals surface area contributed by atoms with Gasteiger partial charge in [-0.2, -0.15) is 23.5 Å². The highest BCUT2D eigenvalue weighted by atomic mass is 32.2. The molecular formula is C22H36O3S2Si2. The van der Waals surface area contributed by atoms with Gasteiger partial charge in [0.15, 0.2) is 16.6 Å². The molecule has 1 saturated heterocycles. The normalized spacial score (nSPS) is 34.0. The number of hydrogen-bond donors (Lipinski definition) is 0. The summed E-state index contributed by atoms with van der Waals surface area (Å²) in [6.45, 7) is 8.02. The predicted octanol–water partition coefficient (Wildman–Crippen LogP) is 5.66. The molecular weight excluding hydrogens is 433 g/mol. The zero-order valence-electron chi connectivity index (χ0n) is 17.9. The number of hydrogen-bond acceptors (Lipinski definition) is 5. The second-order valence-electron chi connectivity index (χ2n) is 8.27. The maximum absolute atomic E-state index is 7.40. The summed E-state index contributed by atoms with van der Waals surface area (Å²) < 4.78 is 18.8. The third-order valence-corrected chi connectivity index (χ3v) is 18.4. The lowest BCUT2D eigenvalue weighted by Gasteiger charge is -2.43. The molecule has 1 heterocycles. The van der Waals surface area contributed by atoms with Crippen molar-refractivity contribution in [1.82, 2.24) is 0 Å². The van der Waals surface area contributed by atoms with Crippen molar-refractivity contribution in [2.24, 2.45) is 0 Å². The fraction of sp³-hybridized carbons (Fsp3) is 0.636. The molecule has 162 valence electrons. The Labute approximate surface area is 187 Å². The number of thioether (sulfide) groups is 2. The lowest BCUT2D eigenvalue weighted by atomic mass is 10.5. The van der Waals surface area contributed by atoms with Gasteiger partial charge in [0.05, 0.1) is 26.4 Å². The Morgan fingerprint density at radius 3 is 1.45 bits per heavy atom. The number of ether oxygens (including phenoxy) is 2. The van der Waals surface area contributed by atoms with Crippen LogP contribution in [0.4, 0.5) is 0 Å². The van der Waals surface area contributed by atoms with Gasteiger partial charge in [0.2, 0.25) is 0 Å². The summed E-state index contributed by atoms with van der Waals surface area (Å²) in [5.41, 5.74) is 1.01. The molecule has 0 amide bonds. The summed E-state index contributed by atoms with van der Waals surface area (Å²) >= 11 is 4.02. The van der Waals surface area contributed by atoms with Gasteiger partial charge < -0.3 is 13.6 Å². The van der Waals surface area contributed by atoms with E-state index in [1.807, 2.05) is 23.5 Å². The second-order valence-corrected chi connectivity index (χ2v) is 19.1. The zero-order chi connectivity index (χ0) is 20.4. The highest BCUT2D eigenvalue weighted by molar-refractivity contribution is 7.99. The van der Waals surface area contributed by atoms with Crippen molar-refractivity contribution in [3.05, 3.63) is 48.6 Å². The maximum Gasteiger partial charge on any atom is 0.188 e. The molecule has 7 heteroatoms. The van der Waals surface area contributed by atoms with Gasteiger partial charge in [0.1, 0.15) is 0 Å². The van der Waals surface area contributed by atoms with E-state index in [9.17, 15) is 0 Å². The van der Waals surface area contributed by atoms with E-state index in [0.29, 0.717) is 24.3 Å². The molecule has 2 aliphatic carbocycles. The summed E-state index contributed by atoms with van der Waals surface area (Å²) in [4.78, 5) is 0. The van der Waals surface area contributed by atoms with Crippen LogP contribution in [-0.2, 0) is 13.6 Å². The van der Waals surface area contributed by atoms with Gasteiger partial charge in [-0.25, -0.2) is 0 Å². The van der Waals surface area contributed by atoms with E-state index in [0.717, 1.165) is 36.2 Å². The van der Waals surface area contributed by atoms with Crippen molar-refractivity contribution in [3.8, 4) is 0 Å². The molecule has 2 unspecified atom stereocenters. The Hall–Kier alpha value is -0.0262. The van der Waals surface area contributed by atoms with E-state index < -0.39 is 16.6 Å². The smallest absolute Gasteiger partial charge is 0.188 e. The standard InChI is InChI=1S/C22H36O3S2Si2/c1-28(21-7-3-4-8-21)19-17-26-15-13-23-11-12-24-14-16-27-18-20-29(2,25-28)22-9-5-6-10-22/h3-10,21-22H,11-20H2,1-2H3. The topological polar surface area (TPSA) is 27.7 Å². The van der Waals surface area contributed by atoms with E-state index in [4.69, 9.17) is 13.6 Å². The first kappa shape index (κ1) is 23.6. The maximum atomic E-state index is 7.40. The van der Waals surface area contributed by atoms with Crippen LogP contribution in [0.25, 0.3) is 0 Å². The molecule has 0 bridgehead atoms. The van der Waals surface area contributed by atoms with Crippen molar-refractivity contribution in [2.45, 2.75) is 36.3 Å². The third-order valence-electron chi connectivity index (χ3n) is 5.97. The Morgan fingerprint density at radius 2 is 1.03 bits per heavy atom. The molecule has 3 rings (SSSR count). The molecule has 29 heavy (non-hydrogen) atoms. The predicted molar refractivity (Wildman–Crippen MR) is 134 cm³/mol. The van der Waals surface area contributed by atoms with Crippen LogP contribution >= 0.6 is 23.5 Å². The minimum atomic E-state index is -1.92. The van der Waals surface area contributed by atoms with Crippen LogP contribution in [0.3, 0.4) is 0 Å². The largest absolute Gasteiger partial charge is 0.454 e. The molecule has 1 aliphatic heterocycles. The van der Waals surface area contributed by atoms with Crippen LogP contribution in [-0.4, -0.2) is 66.1 Å². The van der Waals surface area contributed by atoms with Crippen molar-refractivity contribution in [3.63, 3.8) is 0 Å². The second kappa shape index (κ2) is 12.1. The summed E-state index contributed by atoms with van der Waals surface area (Å²) in [6.07, 6.45) is 18.3. The lowest BCUT2D eigenvalue weighted by Crippen LogP contribution is -2.52. The van der Waals surface area contributed by atoms with E-state index in [2.05, 4.69) is 61.7 Å². The van der Waals surface area contributed by atoms with Gasteiger partial charge in [-0.3, -0.25) is 0 Å². The SMILES string of the molecule is C[Si]1(C2C=CC=C2)CCSCCOCCOCCSCC[Si](C)(C2C=CC=C2)O1. The summed E-state index contributed by atoms with van der Waals surface area (Å²) in [6, 6.07) is 2.41.